The summed E-state index contributed by atoms with van der Waals surface area (Å²) in [6.07, 6.45) is 1.79. The Morgan fingerprint density at radius 2 is 1.84 bits per heavy atom. The Hall–Kier alpha value is -1.58. The van der Waals surface area contributed by atoms with Gasteiger partial charge in [-0.25, -0.2) is 0 Å². The topological polar surface area (TPSA) is 24.9 Å². The van der Waals surface area contributed by atoms with Crippen molar-refractivity contribution in [1.29, 1.82) is 0 Å². The first kappa shape index (κ1) is 12.5. The van der Waals surface area contributed by atoms with Crippen LogP contribution in [-0.4, -0.2) is 4.98 Å². The summed E-state index contributed by atoms with van der Waals surface area (Å²) in [7, 11) is 0. The van der Waals surface area contributed by atoms with E-state index in [1.54, 1.807) is 6.20 Å². The molecule has 94 valence electrons. The molecule has 19 heavy (non-hydrogen) atoms. The highest BCUT2D eigenvalue weighted by atomic mass is 79.9. The van der Waals surface area contributed by atoms with E-state index in [-0.39, 0.29) is 0 Å². The normalized spacial score (nSPS) is 10.6. The molecule has 0 aliphatic heterocycles. The van der Waals surface area contributed by atoms with Crippen LogP contribution >= 0.6 is 27.5 Å². The van der Waals surface area contributed by atoms with Crippen molar-refractivity contribution in [2.45, 2.75) is 0 Å². The first-order valence-electron chi connectivity index (χ1n) is 5.80. The lowest BCUT2D eigenvalue weighted by Crippen LogP contribution is -1.93. The molecule has 1 aromatic heterocycles. The van der Waals surface area contributed by atoms with Crippen molar-refractivity contribution >= 4 is 49.8 Å². The molecule has 1 N–H and O–H groups in total. The largest absolute Gasteiger partial charge is 0.354 e. The van der Waals surface area contributed by atoms with E-state index in [2.05, 4.69) is 26.2 Å². The second-order valence-electron chi connectivity index (χ2n) is 4.12. The van der Waals surface area contributed by atoms with E-state index < -0.39 is 0 Å². The van der Waals surface area contributed by atoms with Crippen LogP contribution in [0.2, 0.25) is 5.02 Å². The van der Waals surface area contributed by atoms with E-state index in [9.17, 15) is 0 Å². The van der Waals surface area contributed by atoms with E-state index >= 15 is 0 Å². The summed E-state index contributed by atoms with van der Waals surface area (Å²) >= 11 is 9.62. The van der Waals surface area contributed by atoms with Gasteiger partial charge in [-0.05, 0) is 36.4 Å². The minimum atomic E-state index is 0.699. The van der Waals surface area contributed by atoms with Gasteiger partial charge < -0.3 is 5.32 Å². The maximum atomic E-state index is 6.16. The van der Waals surface area contributed by atoms with Crippen LogP contribution in [0.4, 0.5) is 11.4 Å². The quantitative estimate of drug-likeness (QED) is 0.679. The number of aromatic nitrogens is 1. The number of benzene rings is 2. The Morgan fingerprint density at radius 1 is 1.00 bits per heavy atom. The van der Waals surface area contributed by atoms with Crippen LogP contribution in [0.1, 0.15) is 0 Å². The zero-order chi connectivity index (χ0) is 13.2. The number of pyridine rings is 1. The summed E-state index contributed by atoms with van der Waals surface area (Å²) in [5.41, 5.74) is 2.82. The van der Waals surface area contributed by atoms with Gasteiger partial charge in [0.2, 0.25) is 0 Å². The van der Waals surface area contributed by atoms with E-state index in [4.69, 9.17) is 11.6 Å². The number of fused-ring (bicyclic) bond motifs is 1. The molecule has 0 spiro atoms. The SMILES string of the molecule is Clc1ccccc1Nc1ccnc2cc(Br)ccc12. The van der Waals surface area contributed by atoms with Crippen molar-refractivity contribution in [3.63, 3.8) is 0 Å². The lowest BCUT2D eigenvalue weighted by atomic mass is 10.2. The second kappa shape index (κ2) is 5.19. The zero-order valence-electron chi connectivity index (χ0n) is 9.90. The Morgan fingerprint density at radius 3 is 2.68 bits per heavy atom. The number of hydrogen-bond acceptors (Lipinski definition) is 2. The van der Waals surface area contributed by atoms with Crippen LogP contribution in [0.3, 0.4) is 0 Å². The van der Waals surface area contributed by atoms with Crippen molar-refractivity contribution in [2.24, 2.45) is 0 Å². The van der Waals surface area contributed by atoms with Crippen LogP contribution in [0, 0.1) is 0 Å². The predicted octanol–water partition coefficient (Wildman–Crippen LogP) is 5.39. The summed E-state index contributed by atoms with van der Waals surface area (Å²) in [5, 5.41) is 5.11. The summed E-state index contributed by atoms with van der Waals surface area (Å²) in [6, 6.07) is 15.7. The van der Waals surface area contributed by atoms with Gasteiger partial charge in [0.05, 0.1) is 16.2 Å². The fraction of sp³-hybridized carbons (Fsp3) is 0. The molecule has 0 fully saturated rings. The molecule has 0 amide bonds. The maximum absolute atomic E-state index is 6.16. The summed E-state index contributed by atoms with van der Waals surface area (Å²) in [5.74, 6) is 0. The van der Waals surface area contributed by atoms with Gasteiger partial charge in [0.1, 0.15) is 0 Å². The molecule has 4 heteroatoms. The van der Waals surface area contributed by atoms with Crippen molar-refractivity contribution in [3.05, 3.63) is 64.2 Å². The number of rotatable bonds is 2. The molecular formula is C15H10BrClN2. The van der Waals surface area contributed by atoms with E-state index in [0.717, 1.165) is 26.8 Å². The molecule has 0 radical (unpaired) electrons. The second-order valence-corrected chi connectivity index (χ2v) is 5.45. The van der Waals surface area contributed by atoms with Crippen molar-refractivity contribution in [1.82, 2.24) is 4.98 Å². The molecule has 3 rings (SSSR count). The predicted molar refractivity (Wildman–Crippen MR) is 84.2 cm³/mol. The van der Waals surface area contributed by atoms with Crippen molar-refractivity contribution in [3.8, 4) is 0 Å². The molecule has 2 aromatic carbocycles. The molecule has 0 aliphatic carbocycles. The van der Waals surface area contributed by atoms with Gasteiger partial charge >= 0.3 is 0 Å². The summed E-state index contributed by atoms with van der Waals surface area (Å²) in [6.45, 7) is 0. The lowest BCUT2D eigenvalue weighted by Gasteiger charge is -2.10. The molecule has 1 heterocycles. The van der Waals surface area contributed by atoms with Gasteiger partial charge in [-0.3, -0.25) is 4.98 Å². The molecule has 3 aromatic rings. The molecular weight excluding hydrogens is 324 g/mol. The standard InChI is InChI=1S/C15H10BrClN2/c16-10-5-6-11-13(7-8-18-15(11)9-10)19-14-4-2-1-3-12(14)17/h1-9H,(H,18,19). The zero-order valence-corrected chi connectivity index (χ0v) is 12.2. The monoisotopic (exact) mass is 332 g/mol. The Labute approximate surface area is 124 Å². The third kappa shape index (κ3) is 2.57. The van der Waals surface area contributed by atoms with Gasteiger partial charge in [0.25, 0.3) is 0 Å². The lowest BCUT2D eigenvalue weighted by molar-refractivity contribution is 1.40. The summed E-state index contributed by atoms with van der Waals surface area (Å²) in [4.78, 5) is 4.36. The Kier molecular flexibility index (Phi) is 3.40. The van der Waals surface area contributed by atoms with Crippen molar-refractivity contribution in [2.75, 3.05) is 5.32 Å². The smallest absolute Gasteiger partial charge is 0.0734 e. The number of nitrogens with one attached hydrogen (secondary N) is 1. The van der Waals surface area contributed by atoms with Crippen LogP contribution in [0.25, 0.3) is 10.9 Å². The molecule has 0 saturated carbocycles. The molecule has 0 bridgehead atoms. The van der Waals surface area contributed by atoms with Gasteiger partial charge in [-0.15, -0.1) is 0 Å². The molecule has 0 aliphatic rings. The average Bonchev–Trinajstić information content (AvgIpc) is 2.41. The van der Waals surface area contributed by atoms with Gasteiger partial charge in [0, 0.05) is 21.7 Å². The van der Waals surface area contributed by atoms with Crippen LogP contribution in [0.15, 0.2) is 59.2 Å². The number of hydrogen-bond donors (Lipinski definition) is 1. The van der Waals surface area contributed by atoms with Crippen molar-refractivity contribution < 1.29 is 0 Å². The van der Waals surface area contributed by atoms with Crippen LogP contribution < -0.4 is 5.32 Å². The van der Waals surface area contributed by atoms with E-state index in [1.165, 1.54) is 0 Å². The minimum Gasteiger partial charge on any atom is -0.354 e. The highest BCUT2D eigenvalue weighted by molar-refractivity contribution is 9.10. The highest BCUT2D eigenvalue weighted by Crippen LogP contribution is 2.30. The third-order valence-corrected chi connectivity index (χ3v) is 3.67. The minimum absolute atomic E-state index is 0.699. The third-order valence-electron chi connectivity index (χ3n) is 2.85. The summed E-state index contributed by atoms with van der Waals surface area (Å²) < 4.78 is 1.02. The van der Waals surface area contributed by atoms with E-state index in [1.807, 2.05) is 48.5 Å². The van der Waals surface area contributed by atoms with Crippen LogP contribution in [-0.2, 0) is 0 Å². The molecule has 0 saturated heterocycles. The fourth-order valence-corrected chi connectivity index (χ4v) is 2.47. The number of nitrogens with zero attached hydrogens (tertiary/aromatic N) is 1. The fourth-order valence-electron chi connectivity index (χ4n) is 1.94. The molecule has 2 nitrogen and oxygen atoms in total. The molecule has 0 unspecified atom stereocenters. The Balaban J connectivity index is 2.09. The first-order chi connectivity index (χ1) is 9.24. The Bertz CT molecular complexity index is 743. The first-order valence-corrected chi connectivity index (χ1v) is 6.97. The number of anilines is 2. The number of para-hydroxylation sites is 1. The van der Waals surface area contributed by atoms with Gasteiger partial charge in [-0.1, -0.05) is 39.7 Å². The highest BCUT2D eigenvalue weighted by Gasteiger charge is 2.04. The van der Waals surface area contributed by atoms with Gasteiger partial charge in [0.15, 0.2) is 0 Å². The average molecular weight is 334 g/mol. The van der Waals surface area contributed by atoms with Crippen LogP contribution in [0.5, 0.6) is 0 Å². The van der Waals surface area contributed by atoms with E-state index in [0.29, 0.717) is 5.02 Å². The molecule has 0 atom stereocenters. The maximum Gasteiger partial charge on any atom is 0.0734 e. The number of halogens is 2. The van der Waals surface area contributed by atoms with Gasteiger partial charge in [-0.2, -0.15) is 0 Å².